The zero-order chi connectivity index (χ0) is 15.3. The summed E-state index contributed by atoms with van der Waals surface area (Å²) < 4.78 is 26.5. The minimum atomic E-state index is -3.73. The van der Waals surface area contributed by atoms with Crippen LogP contribution in [-0.2, 0) is 14.8 Å². The molecule has 1 atom stereocenters. The molecule has 1 rings (SSSR count). The van der Waals surface area contributed by atoms with Gasteiger partial charge in [0.2, 0.25) is 15.9 Å². The van der Waals surface area contributed by atoms with Gasteiger partial charge in [-0.05, 0) is 37.1 Å². The molecule has 112 valence electrons. The average Bonchev–Trinajstić information content (AvgIpc) is 2.35. The van der Waals surface area contributed by atoms with Crippen molar-refractivity contribution in [2.75, 3.05) is 6.54 Å². The largest absolute Gasteiger partial charge is 0.354 e. The first-order valence-electron chi connectivity index (χ1n) is 6.28. The van der Waals surface area contributed by atoms with Crippen LogP contribution in [-0.4, -0.2) is 26.9 Å². The number of nitrogens with one attached hydrogen (secondary N) is 2. The molecular formula is C13H19ClN2O3S. The molecule has 5 nitrogen and oxygen atoms in total. The Bertz CT molecular complexity index is 555. The lowest BCUT2D eigenvalue weighted by Gasteiger charge is -2.15. The van der Waals surface area contributed by atoms with Gasteiger partial charge in [0.25, 0.3) is 0 Å². The van der Waals surface area contributed by atoms with E-state index >= 15 is 0 Å². The summed E-state index contributed by atoms with van der Waals surface area (Å²) in [5, 5.41) is 3.13. The van der Waals surface area contributed by atoms with E-state index in [4.69, 9.17) is 11.6 Å². The predicted molar refractivity (Wildman–Crippen MR) is 79.1 cm³/mol. The van der Waals surface area contributed by atoms with Crippen molar-refractivity contribution in [1.82, 2.24) is 10.0 Å². The van der Waals surface area contributed by atoms with E-state index in [0.717, 1.165) is 0 Å². The summed E-state index contributed by atoms with van der Waals surface area (Å²) in [6, 6.07) is 4.92. The smallest absolute Gasteiger partial charge is 0.241 e. The normalized spacial score (nSPS) is 13.2. The van der Waals surface area contributed by atoms with Crippen molar-refractivity contribution >= 4 is 27.5 Å². The van der Waals surface area contributed by atoms with E-state index in [9.17, 15) is 13.2 Å². The summed E-state index contributed by atoms with van der Waals surface area (Å²) in [5.74, 6) is -0.0461. The van der Waals surface area contributed by atoms with Crippen molar-refractivity contribution < 1.29 is 13.2 Å². The summed E-state index contributed by atoms with van der Waals surface area (Å²) in [6.07, 6.45) is 0. The number of carbonyl (C=O) groups is 1. The Morgan fingerprint density at radius 2 is 1.75 bits per heavy atom. The zero-order valence-corrected chi connectivity index (χ0v) is 13.3. The number of hydrogen-bond acceptors (Lipinski definition) is 3. The molecule has 0 aliphatic carbocycles. The summed E-state index contributed by atoms with van der Waals surface area (Å²) in [5.41, 5.74) is 0. The maximum Gasteiger partial charge on any atom is 0.241 e. The van der Waals surface area contributed by atoms with Crippen molar-refractivity contribution in [3.8, 4) is 0 Å². The third-order valence-corrected chi connectivity index (χ3v) is 4.34. The van der Waals surface area contributed by atoms with Crippen molar-refractivity contribution in [1.29, 1.82) is 0 Å². The van der Waals surface area contributed by atoms with Gasteiger partial charge in [-0.3, -0.25) is 4.79 Å². The molecule has 0 spiro atoms. The lowest BCUT2D eigenvalue weighted by Crippen LogP contribution is -2.45. The van der Waals surface area contributed by atoms with Crippen LogP contribution in [0.15, 0.2) is 29.2 Å². The van der Waals surface area contributed by atoms with Crippen LogP contribution in [0.4, 0.5) is 0 Å². The molecule has 0 saturated carbocycles. The van der Waals surface area contributed by atoms with Crippen molar-refractivity contribution in [3.63, 3.8) is 0 Å². The second-order valence-electron chi connectivity index (χ2n) is 4.94. The first-order valence-corrected chi connectivity index (χ1v) is 8.14. The molecule has 7 heteroatoms. The van der Waals surface area contributed by atoms with Crippen LogP contribution in [0.3, 0.4) is 0 Å². The predicted octanol–water partition coefficient (Wildman–Crippen LogP) is 1.78. The van der Waals surface area contributed by atoms with Crippen molar-refractivity contribution in [3.05, 3.63) is 29.3 Å². The highest BCUT2D eigenvalue weighted by Crippen LogP contribution is 2.14. The van der Waals surface area contributed by atoms with Crippen LogP contribution in [0.2, 0.25) is 5.02 Å². The van der Waals surface area contributed by atoms with E-state index < -0.39 is 16.1 Å². The molecule has 0 aliphatic rings. The van der Waals surface area contributed by atoms with Crippen LogP contribution >= 0.6 is 11.6 Å². The van der Waals surface area contributed by atoms with Crippen LogP contribution in [0.1, 0.15) is 20.8 Å². The maximum atomic E-state index is 12.1. The SMILES string of the molecule is CC(C)CNC(=O)[C@H](C)NS(=O)(=O)c1ccc(Cl)cc1. The summed E-state index contributed by atoms with van der Waals surface area (Å²) in [7, 11) is -3.73. The van der Waals surface area contributed by atoms with Gasteiger partial charge in [-0.2, -0.15) is 4.72 Å². The maximum absolute atomic E-state index is 12.1. The Morgan fingerprint density at radius 1 is 1.20 bits per heavy atom. The summed E-state index contributed by atoms with van der Waals surface area (Å²) in [6.45, 7) is 5.93. The first-order chi connectivity index (χ1) is 9.22. The van der Waals surface area contributed by atoms with Crippen molar-refractivity contribution in [2.24, 2.45) is 5.92 Å². The highest BCUT2D eigenvalue weighted by molar-refractivity contribution is 7.89. The fourth-order valence-electron chi connectivity index (χ4n) is 1.43. The molecule has 2 N–H and O–H groups in total. The number of amides is 1. The molecule has 0 aromatic heterocycles. The van der Waals surface area contributed by atoms with E-state index in [0.29, 0.717) is 17.5 Å². The highest BCUT2D eigenvalue weighted by atomic mass is 35.5. The molecule has 20 heavy (non-hydrogen) atoms. The molecule has 0 heterocycles. The van der Waals surface area contributed by atoms with Gasteiger partial charge in [-0.25, -0.2) is 8.42 Å². The minimum Gasteiger partial charge on any atom is -0.354 e. The number of carbonyl (C=O) groups excluding carboxylic acids is 1. The van der Waals surface area contributed by atoms with Gasteiger partial charge < -0.3 is 5.32 Å². The molecule has 1 aromatic rings. The molecule has 1 aromatic carbocycles. The zero-order valence-electron chi connectivity index (χ0n) is 11.7. The molecule has 0 fully saturated rings. The van der Waals surface area contributed by atoms with Gasteiger partial charge in [0, 0.05) is 11.6 Å². The number of hydrogen-bond donors (Lipinski definition) is 2. The van der Waals surface area contributed by atoms with Gasteiger partial charge in [-0.15, -0.1) is 0 Å². The van der Waals surface area contributed by atoms with Gasteiger partial charge in [-0.1, -0.05) is 25.4 Å². The lowest BCUT2D eigenvalue weighted by atomic mass is 10.2. The van der Waals surface area contributed by atoms with E-state index in [2.05, 4.69) is 10.0 Å². The quantitative estimate of drug-likeness (QED) is 0.839. The van der Waals surface area contributed by atoms with Gasteiger partial charge in [0.1, 0.15) is 0 Å². The number of benzene rings is 1. The molecule has 0 radical (unpaired) electrons. The number of rotatable bonds is 6. The van der Waals surface area contributed by atoms with Crippen molar-refractivity contribution in [2.45, 2.75) is 31.7 Å². The molecule has 0 unspecified atom stereocenters. The second kappa shape index (κ2) is 7.06. The lowest BCUT2D eigenvalue weighted by molar-refractivity contribution is -0.122. The topological polar surface area (TPSA) is 75.3 Å². The van der Waals surface area contributed by atoms with E-state index in [-0.39, 0.29) is 10.8 Å². The molecular weight excluding hydrogens is 300 g/mol. The standard InChI is InChI=1S/C13H19ClN2O3S/c1-9(2)8-15-13(17)10(3)16-20(18,19)12-6-4-11(14)5-7-12/h4-7,9-10,16H,8H2,1-3H3,(H,15,17)/t10-/m0/s1. The second-order valence-corrected chi connectivity index (χ2v) is 7.09. The Morgan fingerprint density at radius 3 is 2.25 bits per heavy atom. The molecule has 1 amide bonds. The van der Waals surface area contributed by atoms with Gasteiger partial charge in [0.05, 0.1) is 10.9 Å². The van der Waals surface area contributed by atoms with Crippen LogP contribution in [0, 0.1) is 5.92 Å². The average molecular weight is 319 g/mol. The number of halogens is 1. The molecule has 0 aliphatic heterocycles. The van der Waals surface area contributed by atoms with E-state index in [1.165, 1.54) is 31.2 Å². The third-order valence-electron chi connectivity index (χ3n) is 2.53. The minimum absolute atomic E-state index is 0.0745. The Hall–Kier alpha value is -1.11. The Kier molecular flexibility index (Phi) is 5.98. The van der Waals surface area contributed by atoms with E-state index in [1.807, 2.05) is 13.8 Å². The third kappa shape index (κ3) is 5.11. The Balaban J connectivity index is 2.70. The summed E-state index contributed by atoms with van der Waals surface area (Å²) in [4.78, 5) is 11.8. The van der Waals surface area contributed by atoms with Crippen LogP contribution < -0.4 is 10.0 Å². The highest BCUT2D eigenvalue weighted by Gasteiger charge is 2.21. The van der Waals surface area contributed by atoms with Crippen LogP contribution in [0.5, 0.6) is 0 Å². The number of sulfonamides is 1. The van der Waals surface area contributed by atoms with Crippen LogP contribution in [0.25, 0.3) is 0 Å². The van der Waals surface area contributed by atoms with Gasteiger partial charge >= 0.3 is 0 Å². The van der Waals surface area contributed by atoms with Gasteiger partial charge in [0.15, 0.2) is 0 Å². The molecule has 0 bridgehead atoms. The first kappa shape index (κ1) is 16.9. The summed E-state index contributed by atoms with van der Waals surface area (Å²) >= 11 is 5.71. The Labute approximate surface area is 124 Å². The van der Waals surface area contributed by atoms with E-state index in [1.54, 1.807) is 0 Å². The fraction of sp³-hybridized carbons (Fsp3) is 0.462. The monoisotopic (exact) mass is 318 g/mol. The fourth-order valence-corrected chi connectivity index (χ4v) is 2.75. The molecule has 0 saturated heterocycles.